The van der Waals surface area contributed by atoms with Crippen LogP contribution in [0.15, 0.2) is 44.3 Å². The number of carbonyl (C=O) groups is 2. The molecule has 0 saturated heterocycles. The first-order valence-electron chi connectivity index (χ1n) is 11.0. The summed E-state index contributed by atoms with van der Waals surface area (Å²) < 4.78 is 123. The average Bonchev–Trinajstić information content (AvgIpc) is 3.30. The van der Waals surface area contributed by atoms with Gasteiger partial charge in [-0.15, -0.1) is 0 Å². The molecule has 2 atom stereocenters. The van der Waals surface area contributed by atoms with Gasteiger partial charge in [0.05, 0.1) is 27.1 Å². The fraction of sp³-hybridized carbons (Fsp3) is 0.348. The molecule has 2 aromatic carbocycles. The lowest BCUT2D eigenvalue weighted by atomic mass is 9.85. The van der Waals surface area contributed by atoms with Gasteiger partial charge < -0.3 is 10.2 Å². The monoisotopic (exact) mass is 733 g/mol. The number of alkyl halides is 9. The minimum Gasteiger partial charge on any atom is -0.374 e. The lowest BCUT2D eigenvalue weighted by Crippen LogP contribution is -2.43. The van der Waals surface area contributed by atoms with Crippen LogP contribution in [0, 0.1) is 0 Å². The van der Waals surface area contributed by atoms with E-state index in [1.807, 2.05) is 0 Å². The molecule has 230 valence electrons. The van der Waals surface area contributed by atoms with E-state index in [0.717, 1.165) is 0 Å². The Hall–Kier alpha value is -2.37. The van der Waals surface area contributed by atoms with Gasteiger partial charge in [-0.2, -0.15) is 43.9 Å². The van der Waals surface area contributed by atoms with Crippen molar-refractivity contribution in [1.82, 2.24) is 5.32 Å². The molecule has 2 unspecified atom stereocenters. The van der Waals surface area contributed by atoms with E-state index in [9.17, 15) is 49.1 Å². The van der Waals surface area contributed by atoms with Crippen molar-refractivity contribution < 1.29 is 53.9 Å². The molecule has 42 heavy (non-hydrogen) atoms. The third-order valence-electron chi connectivity index (χ3n) is 5.67. The van der Waals surface area contributed by atoms with E-state index in [1.165, 1.54) is 24.5 Å². The van der Waals surface area contributed by atoms with Crippen LogP contribution in [0.25, 0.3) is 0 Å². The maximum Gasteiger partial charge on any atom is 0.474 e. The Labute approximate surface area is 251 Å². The number of hydrogen-bond acceptors (Lipinski definition) is 4. The minimum atomic E-state index is -5.24. The summed E-state index contributed by atoms with van der Waals surface area (Å²) in [4.78, 5) is 27.8. The fourth-order valence-corrected chi connectivity index (χ4v) is 5.50. The highest BCUT2D eigenvalue weighted by atomic mass is 79.9. The van der Waals surface area contributed by atoms with Gasteiger partial charge in [-0.25, -0.2) is 0 Å². The number of hydrogen-bond donors (Lipinski definition) is 1. The van der Waals surface area contributed by atoms with Gasteiger partial charge in [-0.1, -0.05) is 67.1 Å². The molecule has 0 spiro atoms. The summed E-state index contributed by atoms with van der Waals surface area (Å²) in [6, 6.07) is 4.86. The lowest BCUT2D eigenvalue weighted by Gasteiger charge is -2.30. The fourth-order valence-electron chi connectivity index (χ4n) is 3.62. The smallest absolute Gasteiger partial charge is 0.374 e. The Kier molecular flexibility index (Phi) is 10.0. The van der Waals surface area contributed by atoms with Crippen LogP contribution in [0.5, 0.6) is 0 Å². The molecule has 0 bridgehead atoms. The zero-order valence-corrected chi connectivity index (χ0v) is 24.5. The summed E-state index contributed by atoms with van der Waals surface area (Å²) in [6.45, 7) is -0.164. The van der Waals surface area contributed by atoms with Crippen molar-refractivity contribution in [3.05, 3.63) is 67.1 Å². The predicted molar refractivity (Wildman–Crippen MR) is 139 cm³/mol. The van der Waals surface area contributed by atoms with Crippen molar-refractivity contribution in [2.24, 2.45) is 9.52 Å². The van der Waals surface area contributed by atoms with E-state index in [4.69, 9.17) is 28.0 Å². The Morgan fingerprint density at radius 2 is 1.74 bits per heavy atom. The summed E-state index contributed by atoms with van der Waals surface area (Å²) in [5.74, 6) is -3.54. The summed E-state index contributed by atoms with van der Waals surface area (Å²) in [6.07, 6.45) is -15.4. The van der Waals surface area contributed by atoms with Gasteiger partial charge in [0.1, 0.15) is 0 Å². The van der Waals surface area contributed by atoms with E-state index in [2.05, 4.69) is 30.8 Å². The zero-order valence-electron chi connectivity index (χ0n) is 20.6. The second-order valence-electron chi connectivity index (χ2n) is 8.67. The highest BCUT2D eigenvalue weighted by molar-refractivity contribution is 9.10. The Morgan fingerprint density at radius 3 is 2.29 bits per heavy atom. The van der Waals surface area contributed by atoms with E-state index in [0.29, 0.717) is 11.6 Å². The second kappa shape index (κ2) is 12.3. The minimum absolute atomic E-state index is 0.0961. The molecule has 0 aromatic heterocycles. The largest absolute Gasteiger partial charge is 0.474 e. The Balaban J connectivity index is 1.79. The molecule has 6 nitrogen and oxygen atoms in total. The van der Waals surface area contributed by atoms with Crippen LogP contribution in [0.1, 0.15) is 28.7 Å². The predicted octanol–water partition coefficient (Wildman–Crippen LogP) is 7.49. The number of nitrogens with zero attached hydrogens (tertiary/aromatic N) is 2. The highest BCUT2D eigenvalue weighted by Crippen LogP contribution is 2.51. The molecule has 1 aliphatic heterocycles. The molecule has 3 rings (SSSR count). The number of rotatable bonds is 6. The van der Waals surface area contributed by atoms with Gasteiger partial charge in [0.2, 0.25) is 5.91 Å². The number of benzene rings is 2. The second-order valence-corrected chi connectivity index (χ2v) is 12.0. The molecule has 1 N–H and O–H groups in total. The molecule has 0 aliphatic carbocycles. The van der Waals surface area contributed by atoms with Crippen LogP contribution in [0.2, 0.25) is 10.0 Å². The van der Waals surface area contributed by atoms with E-state index in [-0.39, 0.29) is 28.4 Å². The molecule has 0 radical (unpaired) electrons. The van der Waals surface area contributed by atoms with Gasteiger partial charge in [0, 0.05) is 28.6 Å². The van der Waals surface area contributed by atoms with Crippen LogP contribution in [0.3, 0.4) is 0 Å². The Morgan fingerprint density at radius 1 is 1.10 bits per heavy atom. The summed E-state index contributed by atoms with van der Waals surface area (Å²) >= 11 is 14.5. The lowest BCUT2D eigenvalue weighted by molar-refractivity contribution is -0.276. The first-order valence-corrected chi connectivity index (χ1v) is 14.4. The summed E-state index contributed by atoms with van der Waals surface area (Å²) in [5, 5.41) is 4.17. The van der Waals surface area contributed by atoms with Crippen molar-refractivity contribution in [3.8, 4) is 0 Å². The zero-order chi connectivity index (χ0) is 31.8. The maximum absolute atomic E-state index is 14.3. The number of nitrogens with one attached hydrogen (secondary N) is 1. The summed E-state index contributed by atoms with van der Waals surface area (Å²) in [5.41, 5.74) is -5.64. The topological polar surface area (TPSA) is 80.1 Å². The molecule has 1 aliphatic rings. The maximum atomic E-state index is 14.3. The third kappa shape index (κ3) is 7.58. The van der Waals surface area contributed by atoms with Gasteiger partial charge in [0.15, 0.2) is 0 Å². The van der Waals surface area contributed by atoms with E-state index in [1.54, 1.807) is 0 Å². The van der Waals surface area contributed by atoms with Gasteiger partial charge in [-0.05, 0) is 30.0 Å². The van der Waals surface area contributed by atoms with Crippen LogP contribution in [0.4, 0.5) is 39.5 Å². The molecule has 2 aromatic rings. The van der Waals surface area contributed by atoms with Gasteiger partial charge in [-0.3, -0.25) is 9.59 Å². The molecule has 1 heterocycles. The van der Waals surface area contributed by atoms with Gasteiger partial charge in [0.25, 0.3) is 5.60 Å². The third-order valence-corrected chi connectivity index (χ3v) is 8.37. The van der Waals surface area contributed by atoms with Crippen molar-refractivity contribution in [3.63, 3.8) is 0 Å². The van der Waals surface area contributed by atoms with Crippen molar-refractivity contribution >= 4 is 67.3 Å². The number of amides is 2. The molecule has 0 fully saturated rings. The van der Waals surface area contributed by atoms with Crippen LogP contribution in [-0.2, 0) is 43.4 Å². The van der Waals surface area contributed by atoms with E-state index < -0.39 is 80.0 Å². The van der Waals surface area contributed by atoms with E-state index >= 15 is 0 Å². The average molecular weight is 735 g/mol. The highest BCUT2D eigenvalue weighted by Gasteiger charge is 2.63. The van der Waals surface area contributed by atoms with Crippen molar-refractivity contribution in [2.75, 3.05) is 12.0 Å². The standard InChI is InChI=1S/C23H15BrCl2F9N3O3S/c1-42(38-19(40)22(30,31)32)9-17(39)36-8-11-3-2-10(4-14(11)24)16-7-20(41-37-16,23(33,34)35)12-5-13(21(27,28)29)18(26)15(25)6-12/h2-6H,7-9H2,1H3,(H,36,39). The van der Waals surface area contributed by atoms with Crippen LogP contribution < -0.4 is 5.32 Å². The first kappa shape index (κ1) is 34.1. The molecule has 0 saturated carbocycles. The summed E-state index contributed by atoms with van der Waals surface area (Å²) in [7, 11) is -1.55. The number of oxime groups is 1. The molecular weight excluding hydrogens is 720 g/mol. The van der Waals surface area contributed by atoms with Gasteiger partial charge >= 0.3 is 24.4 Å². The molecular formula is C23H15BrCl2F9N3O3S. The normalized spacial score (nSPS) is 18.5. The van der Waals surface area contributed by atoms with Crippen molar-refractivity contribution in [1.29, 1.82) is 0 Å². The number of carbonyl (C=O) groups excluding carboxylic acids is 2. The van der Waals surface area contributed by atoms with Crippen LogP contribution >= 0.6 is 39.1 Å². The number of halogens is 12. The van der Waals surface area contributed by atoms with Crippen molar-refractivity contribution in [2.45, 2.75) is 37.1 Å². The quantitative estimate of drug-likeness (QED) is 0.313. The van der Waals surface area contributed by atoms with Crippen LogP contribution in [-0.4, -0.2) is 41.9 Å². The first-order chi connectivity index (χ1) is 19.2. The molecule has 2 amide bonds. The Bertz CT molecular complexity index is 1480. The SMILES string of the molecule is CS(CC(=O)NCc1ccc(C2=NOC(c3cc(Cl)c(Cl)c(C(F)(F)F)c3)(C(F)(F)F)C2)cc1Br)=NC(=O)C(F)(F)F. The molecule has 19 heteroatoms.